The molecule has 0 aliphatic heterocycles. The summed E-state index contributed by atoms with van der Waals surface area (Å²) in [4.78, 5) is 0. The molecule has 3 heteroatoms. The third kappa shape index (κ3) is 3.09. The van der Waals surface area contributed by atoms with E-state index in [1.165, 1.54) is 25.7 Å². The maximum atomic E-state index is 5.51. The molecule has 0 spiro atoms. The van der Waals surface area contributed by atoms with E-state index in [2.05, 4.69) is 5.32 Å². The summed E-state index contributed by atoms with van der Waals surface area (Å²) in [5, 5.41) is 3.58. The quantitative estimate of drug-likeness (QED) is 0.832. The number of hydrogen-bond acceptors (Lipinski definition) is 3. The molecule has 1 aliphatic rings. The van der Waals surface area contributed by atoms with Gasteiger partial charge in [0.2, 0.25) is 0 Å². The lowest BCUT2D eigenvalue weighted by molar-refractivity contribution is 0.0420. The van der Waals surface area contributed by atoms with Gasteiger partial charge in [0, 0.05) is 26.1 Å². The molecule has 1 saturated carbocycles. The summed E-state index contributed by atoms with van der Waals surface area (Å²) in [7, 11) is 1.82. The molecule has 1 aliphatic carbocycles. The third-order valence-electron chi connectivity index (χ3n) is 3.36. The molecule has 1 heterocycles. The van der Waals surface area contributed by atoms with Crippen LogP contribution in [-0.2, 0) is 11.2 Å². The van der Waals surface area contributed by atoms with Crippen molar-refractivity contribution in [1.82, 2.24) is 5.32 Å². The van der Waals surface area contributed by atoms with E-state index in [1.54, 1.807) is 6.26 Å². The Hall–Kier alpha value is -0.800. The predicted molar refractivity (Wildman–Crippen MR) is 63.5 cm³/mol. The first-order valence-electron chi connectivity index (χ1n) is 6.18. The van der Waals surface area contributed by atoms with Crippen LogP contribution in [0.1, 0.15) is 31.4 Å². The molecule has 2 unspecified atom stereocenters. The molecule has 1 aromatic rings. The van der Waals surface area contributed by atoms with Crippen molar-refractivity contribution in [2.45, 2.75) is 44.2 Å². The van der Waals surface area contributed by atoms with Crippen LogP contribution in [0.3, 0.4) is 0 Å². The van der Waals surface area contributed by atoms with Crippen LogP contribution >= 0.6 is 0 Å². The van der Waals surface area contributed by atoms with Crippen LogP contribution in [0.5, 0.6) is 0 Å². The van der Waals surface area contributed by atoms with Crippen molar-refractivity contribution in [2.75, 3.05) is 13.7 Å². The maximum absolute atomic E-state index is 5.51. The van der Waals surface area contributed by atoms with Gasteiger partial charge in [-0.3, -0.25) is 0 Å². The Morgan fingerprint density at radius 2 is 2.31 bits per heavy atom. The average molecular weight is 223 g/mol. The summed E-state index contributed by atoms with van der Waals surface area (Å²) in [6.45, 7) is 0.970. The van der Waals surface area contributed by atoms with Gasteiger partial charge in [-0.25, -0.2) is 0 Å². The van der Waals surface area contributed by atoms with E-state index in [9.17, 15) is 0 Å². The van der Waals surface area contributed by atoms with Gasteiger partial charge in [0.1, 0.15) is 5.76 Å². The molecular formula is C13H21NO2. The monoisotopic (exact) mass is 223 g/mol. The predicted octanol–water partition coefficient (Wildman–Crippen LogP) is 2.37. The second kappa shape index (κ2) is 6.06. The number of furan rings is 1. The topological polar surface area (TPSA) is 34.4 Å². The maximum Gasteiger partial charge on any atom is 0.105 e. The number of rotatable bonds is 5. The van der Waals surface area contributed by atoms with Gasteiger partial charge in [-0.05, 0) is 25.0 Å². The van der Waals surface area contributed by atoms with Crippen molar-refractivity contribution in [3.8, 4) is 0 Å². The lowest BCUT2D eigenvalue weighted by Crippen LogP contribution is -2.43. The molecule has 1 N–H and O–H groups in total. The molecule has 2 atom stereocenters. The van der Waals surface area contributed by atoms with Crippen molar-refractivity contribution in [2.24, 2.45) is 0 Å². The third-order valence-corrected chi connectivity index (χ3v) is 3.36. The molecule has 0 amide bonds. The molecule has 2 rings (SSSR count). The molecular weight excluding hydrogens is 202 g/mol. The molecule has 0 saturated heterocycles. The van der Waals surface area contributed by atoms with Gasteiger partial charge in [0.25, 0.3) is 0 Å². The van der Waals surface area contributed by atoms with Crippen LogP contribution in [0.25, 0.3) is 0 Å². The molecule has 0 radical (unpaired) electrons. The minimum Gasteiger partial charge on any atom is -0.469 e. The second-order valence-corrected chi connectivity index (χ2v) is 4.45. The Morgan fingerprint density at radius 1 is 1.44 bits per heavy atom. The van der Waals surface area contributed by atoms with Crippen molar-refractivity contribution in [1.29, 1.82) is 0 Å². The second-order valence-electron chi connectivity index (χ2n) is 4.45. The Bertz CT molecular complexity index is 284. The highest BCUT2D eigenvalue weighted by atomic mass is 16.5. The Morgan fingerprint density at radius 3 is 3.06 bits per heavy atom. The van der Waals surface area contributed by atoms with Crippen molar-refractivity contribution in [3.63, 3.8) is 0 Å². The van der Waals surface area contributed by atoms with Crippen LogP contribution in [-0.4, -0.2) is 25.8 Å². The minimum absolute atomic E-state index is 0.394. The van der Waals surface area contributed by atoms with Crippen LogP contribution in [0.15, 0.2) is 22.8 Å². The van der Waals surface area contributed by atoms with Gasteiger partial charge >= 0.3 is 0 Å². The van der Waals surface area contributed by atoms with E-state index in [-0.39, 0.29) is 0 Å². The van der Waals surface area contributed by atoms with Crippen LogP contribution < -0.4 is 5.32 Å². The first-order valence-corrected chi connectivity index (χ1v) is 6.18. The Balaban J connectivity index is 1.71. The van der Waals surface area contributed by atoms with E-state index in [0.717, 1.165) is 18.7 Å². The number of hydrogen-bond donors (Lipinski definition) is 1. The summed E-state index contributed by atoms with van der Waals surface area (Å²) < 4.78 is 10.8. The zero-order valence-electron chi connectivity index (χ0n) is 9.95. The highest BCUT2D eigenvalue weighted by Gasteiger charge is 2.23. The Labute approximate surface area is 97.2 Å². The summed E-state index contributed by atoms with van der Waals surface area (Å²) in [5.74, 6) is 1.05. The fourth-order valence-electron chi connectivity index (χ4n) is 2.45. The number of nitrogens with one attached hydrogen (secondary N) is 1. The van der Waals surface area contributed by atoms with Gasteiger partial charge < -0.3 is 14.5 Å². The van der Waals surface area contributed by atoms with E-state index in [4.69, 9.17) is 9.15 Å². The Kier molecular flexibility index (Phi) is 4.43. The number of ether oxygens (including phenoxy) is 1. The SMILES string of the molecule is COC1CCCCC1NCCc1ccco1. The van der Waals surface area contributed by atoms with Gasteiger partial charge in [-0.2, -0.15) is 0 Å². The number of methoxy groups -OCH3 is 1. The molecule has 0 bridgehead atoms. The highest BCUT2D eigenvalue weighted by Crippen LogP contribution is 2.20. The lowest BCUT2D eigenvalue weighted by Gasteiger charge is -2.31. The largest absolute Gasteiger partial charge is 0.469 e. The average Bonchev–Trinajstić information content (AvgIpc) is 2.83. The van der Waals surface area contributed by atoms with Gasteiger partial charge in [0.15, 0.2) is 0 Å². The summed E-state index contributed by atoms with van der Waals surface area (Å²) in [5.41, 5.74) is 0. The van der Waals surface area contributed by atoms with Crippen molar-refractivity contribution in [3.05, 3.63) is 24.2 Å². The fraction of sp³-hybridized carbons (Fsp3) is 0.692. The van der Waals surface area contributed by atoms with E-state index in [1.807, 2.05) is 19.2 Å². The fourth-order valence-corrected chi connectivity index (χ4v) is 2.45. The molecule has 1 fully saturated rings. The van der Waals surface area contributed by atoms with Gasteiger partial charge in [-0.1, -0.05) is 12.8 Å². The van der Waals surface area contributed by atoms with E-state index < -0.39 is 0 Å². The standard InChI is InChI=1S/C13H21NO2/c1-15-13-7-3-2-6-12(13)14-9-8-11-5-4-10-16-11/h4-5,10,12-14H,2-3,6-9H2,1H3. The molecule has 3 nitrogen and oxygen atoms in total. The van der Waals surface area contributed by atoms with Crippen LogP contribution in [0.4, 0.5) is 0 Å². The molecule has 0 aromatic carbocycles. The zero-order chi connectivity index (χ0) is 11.2. The highest BCUT2D eigenvalue weighted by molar-refractivity contribution is 4.98. The van der Waals surface area contributed by atoms with Gasteiger partial charge in [0.05, 0.1) is 12.4 Å². The van der Waals surface area contributed by atoms with Crippen LogP contribution in [0, 0.1) is 0 Å². The zero-order valence-corrected chi connectivity index (χ0v) is 9.95. The molecule has 1 aromatic heterocycles. The van der Waals surface area contributed by atoms with E-state index >= 15 is 0 Å². The van der Waals surface area contributed by atoms with Crippen molar-refractivity contribution < 1.29 is 9.15 Å². The summed E-state index contributed by atoms with van der Waals surface area (Å²) in [6, 6.07) is 4.48. The van der Waals surface area contributed by atoms with Crippen LogP contribution in [0.2, 0.25) is 0 Å². The normalized spacial score (nSPS) is 25.8. The first kappa shape index (κ1) is 11.7. The molecule has 16 heavy (non-hydrogen) atoms. The lowest BCUT2D eigenvalue weighted by atomic mass is 9.92. The first-order chi connectivity index (χ1) is 7.90. The van der Waals surface area contributed by atoms with Gasteiger partial charge in [-0.15, -0.1) is 0 Å². The summed E-state index contributed by atoms with van der Waals surface area (Å²) >= 11 is 0. The summed E-state index contributed by atoms with van der Waals surface area (Å²) in [6.07, 6.45) is 8.12. The van der Waals surface area contributed by atoms with E-state index in [0.29, 0.717) is 12.1 Å². The van der Waals surface area contributed by atoms with Crippen molar-refractivity contribution >= 4 is 0 Å². The minimum atomic E-state index is 0.394. The molecule has 90 valence electrons. The smallest absolute Gasteiger partial charge is 0.105 e.